The topological polar surface area (TPSA) is 56.0 Å². The zero-order valence-corrected chi connectivity index (χ0v) is 15.7. The average Bonchev–Trinajstić information content (AvgIpc) is 2.93. The van der Waals surface area contributed by atoms with Crippen molar-refractivity contribution >= 4 is 16.9 Å². The van der Waals surface area contributed by atoms with Crippen molar-refractivity contribution in [3.63, 3.8) is 0 Å². The lowest BCUT2D eigenvalue weighted by Gasteiger charge is -2.07. The van der Waals surface area contributed by atoms with Crippen LogP contribution in [-0.4, -0.2) is 15.0 Å². The summed E-state index contributed by atoms with van der Waals surface area (Å²) in [4.78, 5) is 24.9. The van der Waals surface area contributed by atoms with Gasteiger partial charge in [-0.25, -0.2) is 9.18 Å². The Morgan fingerprint density at radius 2 is 1.74 bits per heavy atom. The zero-order valence-electron chi connectivity index (χ0n) is 15.7. The number of nitrogens with one attached hydrogen (secondary N) is 1. The lowest BCUT2D eigenvalue weighted by molar-refractivity contribution is -0.121. The van der Waals surface area contributed by atoms with E-state index in [1.165, 1.54) is 6.07 Å². The van der Waals surface area contributed by atoms with Gasteiger partial charge in [0.05, 0.1) is 11.0 Å². The maximum Gasteiger partial charge on any atom is 0.329 e. The highest BCUT2D eigenvalue weighted by Crippen LogP contribution is 2.14. The minimum absolute atomic E-state index is 0.0912. The number of aromatic nitrogens is 2. The van der Waals surface area contributed by atoms with Gasteiger partial charge in [0.2, 0.25) is 5.91 Å². The Kier molecular flexibility index (Phi) is 5.74. The molecule has 3 rings (SSSR count). The number of nitrogens with zero attached hydrogens (tertiary/aromatic N) is 2. The Labute approximate surface area is 157 Å². The van der Waals surface area contributed by atoms with E-state index in [0.29, 0.717) is 24.2 Å². The number of amides is 1. The predicted molar refractivity (Wildman–Crippen MR) is 104 cm³/mol. The zero-order chi connectivity index (χ0) is 19.4. The van der Waals surface area contributed by atoms with Crippen molar-refractivity contribution in [3.05, 3.63) is 69.9 Å². The van der Waals surface area contributed by atoms with E-state index in [1.807, 2.05) is 31.2 Å². The molecule has 0 unspecified atom stereocenters. The highest BCUT2D eigenvalue weighted by Gasteiger charge is 2.13. The largest absolute Gasteiger partial charge is 0.352 e. The first kappa shape index (κ1) is 18.9. The third-order valence-corrected chi connectivity index (χ3v) is 4.66. The summed E-state index contributed by atoms with van der Waals surface area (Å²) < 4.78 is 17.0. The smallest absolute Gasteiger partial charge is 0.329 e. The lowest BCUT2D eigenvalue weighted by Crippen LogP contribution is -2.28. The third-order valence-electron chi connectivity index (χ3n) is 4.66. The first-order valence-corrected chi connectivity index (χ1v) is 9.21. The second-order valence-corrected chi connectivity index (χ2v) is 6.68. The first-order chi connectivity index (χ1) is 13.0. The number of hydrogen-bond acceptors (Lipinski definition) is 2. The number of halogens is 1. The lowest BCUT2D eigenvalue weighted by atomic mass is 10.1. The molecule has 1 aromatic heterocycles. The number of para-hydroxylation sites is 2. The molecule has 6 heteroatoms. The highest BCUT2D eigenvalue weighted by atomic mass is 19.1. The average molecular weight is 369 g/mol. The van der Waals surface area contributed by atoms with Gasteiger partial charge in [0.1, 0.15) is 5.82 Å². The monoisotopic (exact) mass is 369 g/mol. The van der Waals surface area contributed by atoms with Crippen molar-refractivity contribution in [3.8, 4) is 0 Å². The fourth-order valence-electron chi connectivity index (χ4n) is 3.18. The minimum atomic E-state index is -0.281. The van der Waals surface area contributed by atoms with Crippen LogP contribution in [0.5, 0.6) is 0 Å². The Hall–Kier alpha value is -2.89. The Morgan fingerprint density at radius 1 is 1.07 bits per heavy atom. The van der Waals surface area contributed by atoms with Gasteiger partial charge in [-0.1, -0.05) is 31.2 Å². The number of aryl methyl sites for hydroxylation is 3. The van der Waals surface area contributed by atoms with Crippen LogP contribution in [0.2, 0.25) is 0 Å². The van der Waals surface area contributed by atoms with Crippen LogP contribution in [0.25, 0.3) is 11.0 Å². The third kappa shape index (κ3) is 4.10. The van der Waals surface area contributed by atoms with E-state index in [0.717, 1.165) is 17.5 Å². The molecule has 27 heavy (non-hydrogen) atoms. The van der Waals surface area contributed by atoms with E-state index in [-0.39, 0.29) is 30.4 Å². The van der Waals surface area contributed by atoms with Crippen molar-refractivity contribution in [1.82, 2.24) is 14.5 Å². The quantitative estimate of drug-likeness (QED) is 0.694. The van der Waals surface area contributed by atoms with Crippen molar-refractivity contribution in [2.24, 2.45) is 0 Å². The molecule has 1 heterocycles. The van der Waals surface area contributed by atoms with Gasteiger partial charge in [-0.05, 0) is 42.7 Å². The molecule has 142 valence electrons. The van der Waals surface area contributed by atoms with Gasteiger partial charge in [0, 0.05) is 26.1 Å². The molecule has 0 radical (unpaired) electrons. The number of benzene rings is 2. The molecular formula is C21H24FN3O2. The summed E-state index contributed by atoms with van der Waals surface area (Å²) in [5.41, 5.74) is 2.92. The standard InChI is InChI=1S/C21H24FN3O2/c1-3-11-24-18-6-4-5-7-19(18)25(21(24)27)12-10-20(26)23-14-16-9-8-15(2)17(22)13-16/h4-9,13H,3,10-12,14H2,1-2H3,(H,23,26). The number of hydrogen-bond donors (Lipinski definition) is 1. The Morgan fingerprint density at radius 3 is 2.37 bits per heavy atom. The molecule has 0 aliphatic heterocycles. The SMILES string of the molecule is CCCn1c(=O)n(CCC(=O)NCc2ccc(C)c(F)c2)c2ccccc21. The van der Waals surface area contributed by atoms with Gasteiger partial charge in [-0.15, -0.1) is 0 Å². The summed E-state index contributed by atoms with van der Waals surface area (Å²) in [5.74, 6) is -0.452. The molecule has 0 aliphatic rings. The molecule has 1 N–H and O–H groups in total. The van der Waals surface area contributed by atoms with Gasteiger partial charge in [-0.2, -0.15) is 0 Å². The van der Waals surface area contributed by atoms with Gasteiger partial charge in [0.15, 0.2) is 0 Å². The number of carbonyl (C=O) groups excluding carboxylic acids is 1. The van der Waals surface area contributed by atoms with E-state index in [4.69, 9.17) is 0 Å². The van der Waals surface area contributed by atoms with Crippen molar-refractivity contribution in [2.45, 2.75) is 46.3 Å². The highest BCUT2D eigenvalue weighted by molar-refractivity contribution is 5.78. The maximum absolute atomic E-state index is 13.6. The molecule has 5 nitrogen and oxygen atoms in total. The van der Waals surface area contributed by atoms with Gasteiger partial charge in [0.25, 0.3) is 0 Å². The molecule has 0 atom stereocenters. The molecule has 0 spiro atoms. The van der Waals surface area contributed by atoms with E-state index in [1.54, 1.807) is 28.2 Å². The van der Waals surface area contributed by atoms with Crippen LogP contribution in [0.1, 0.15) is 30.9 Å². The first-order valence-electron chi connectivity index (χ1n) is 9.21. The Balaban J connectivity index is 1.67. The molecule has 0 fully saturated rings. The van der Waals surface area contributed by atoms with Gasteiger partial charge in [-0.3, -0.25) is 13.9 Å². The summed E-state index contributed by atoms with van der Waals surface area (Å²) in [6.45, 7) is 4.95. The maximum atomic E-state index is 13.6. The molecular weight excluding hydrogens is 345 g/mol. The molecule has 2 aromatic carbocycles. The number of imidazole rings is 1. The summed E-state index contributed by atoms with van der Waals surface area (Å²) in [6.07, 6.45) is 1.05. The van der Waals surface area contributed by atoms with E-state index < -0.39 is 0 Å². The van der Waals surface area contributed by atoms with Crippen LogP contribution in [0.15, 0.2) is 47.3 Å². The van der Waals surface area contributed by atoms with Crippen LogP contribution in [-0.2, 0) is 24.4 Å². The van der Waals surface area contributed by atoms with Crippen LogP contribution in [0, 0.1) is 12.7 Å². The molecule has 0 saturated heterocycles. The van der Waals surface area contributed by atoms with Crippen LogP contribution < -0.4 is 11.0 Å². The molecule has 0 bridgehead atoms. The van der Waals surface area contributed by atoms with Crippen molar-refractivity contribution in [2.75, 3.05) is 0 Å². The van der Waals surface area contributed by atoms with Crippen molar-refractivity contribution in [1.29, 1.82) is 0 Å². The second kappa shape index (κ2) is 8.20. The van der Waals surface area contributed by atoms with Crippen molar-refractivity contribution < 1.29 is 9.18 Å². The normalized spacial score (nSPS) is 11.1. The summed E-state index contributed by atoms with van der Waals surface area (Å²) >= 11 is 0. The predicted octanol–water partition coefficient (Wildman–Crippen LogP) is 3.37. The van der Waals surface area contributed by atoms with Crippen LogP contribution in [0.4, 0.5) is 4.39 Å². The Bertz CT molecular complexity index is 1020. The van der Waals surface area contributed by atoms with E-state index >= 15 is 0 Å². The summed E-state index contributed by atoms with van der Waals surface area (Å²) in [5, 5.41) is 2.79. The van der Waals surface area contributed by atoms with Crippen LogP contribution >= 0.6 is 0 Å². The van der Waals surface area contributed by atoms with E-state index in [2.05, 4.69) is 5.32 Å². The molecule has 0 saturated carbocycles. The van der Waals surface area contributed by atoms with Gasteiger partial charge >= 0.3 is 5.69 Å². The minimum Gasteiger partial charge on any atom is -0.352 e. The fraction of sp³-hybridized carbons (Fsp3) is 0.333. The van der Waals surface area contributed by atoms with Crippen LogP contribution in [0.3, 0.4) is 0 Å². The summed E-state index contributed by atoms with van der Waals surface area (Å²) in [6, 6.07) is 12.5. The molecule has 0 aliphatic carbocycles. The number of carbonyl (C=O) groups is 1. The second-order valence-electron chi connectivity index (χ2n) is 6.68. The molecule has 3 aromatic rings. The number of rotatable bonds is 7. The summed E-state index contributed by atoms with van der Waals surface area (Å²) in [7, 11) is 0. The fourth-order valence-corrected chi connectivity index (χ4v) is 3.18. The number of fused-ring (bicyclic) bond motifs is 1. The van der Waals surface area contributed by atoms with Gasteiger partial charge < -0.3 is 5.32 Å². The van der Waals surface area contributed by atoms with E-state index in [9.17, 15) is 14.0 Å². The molecule has 1 amide bonds.